The predicted octanol–water partition coefficient (Wildman–Crippen LogP) is 2.95. The molecule has 0 aliphatic rings. The molecule has 0 radical (unpaired) electrons. The van der Waals surface area contributed by atoms with E-state index in [1.807, 2.05) is 25.1 Å². The summed E-state index contributed by atoms with van der Waals surface area (Å²) in [5.74, 6) is 0. The molecule has 0 bridgehead atoms. The fraction of sp³-hybridized carbons (Fsp3) is 0.562. The van der Waals surface area contributed by atoms with Gasteiger partial charge in [-0.25, -0.2) is 0 Å². The molecule has 0 heterocycles. The first-order valence-corrected chi connectivity index (χ1v) is 7.07. The molecular formula is C16H24N2O. The summed E-state index contributed by atoms with van der Waals surface area (Å²) in [7, 11) is 0. The lowest BCUT2D eigenvalue weighted by Crippen LogP contribution is -2.28. The van der Waals surface area contributed by atoms with Gasteiger partial charge in [0, 0.05) is 19.5 Å². The Hall–Kier alpha value is -1.37. The van der Waals surface area contributed by atoms with Crippen LogP contribution < -0.4 is 0 Å². The Morgan fingerprint density at radius 2 is 2.00 bits per heavy atom. The summed E-state index contributed by atoms with van der Waals surface area (Å²) in [6, 6.07) is 12.5. The molecule has 0 spiro atoms. The van der Waals surface area contributed by atoms with Crippen LogP contribution in [0, 0.1) is 11.3 Å². The lowest BCUT2D eigenvalue weighted by Gasteiger charge is -2.23. The molecule has 1 aromatic carbocycles. The van der Waals surface area contributed by atoms with Gasteiger partial charge in [-0.2, -0.15) is 5.26 Å². The molecule has 0 aliphatic heterocycles. The van der Waals surface area contributed by atoms with Gasteiger partial charge >= 0.3 is 0 Å². The summed E-state index contributed by atoms with van der Waals surface area (Å²) < 4.78 is 0. The molecule has 0 saturated heterocycles. The zero-order chi connectivity index (χ0) is 13.9. The van der Waals surface area contributed by atoms with E-state index in [1.54, 1.807) is 0 Å². The smallest absolute Gasteiger partial charge is 0.0622 e. The third-order valence-electron chi connectivity index (χ3n) is 3.26. The molecule has 0 aromatic heterocycles. The van der Waals surface area contributed by atoms with E-state index in [4.69, 9.17) is 5.26 Å². The van der Waals surface area contributed by atoms with Crippen LogP contribution in [-0.4, -0.2) is 29.2 Å². The largest absolute Gasteiger partial charge is 0.393 e. The van der Waals surface area contributed by atoms with E-state index < -0.39 is 0 Å². The highest BCUT2D eigenvalue weighted by molar-refractivity contribution is 5.14. The van der Waals surface area contributed by atoms with Crippen molar-refractivity contribution >= 4 is 0 Å². The predicted molar refractivity (Wildman–Crippen MR) is 77.5 cm³/mol. The van der Waals surface area contributed by atoms with Gasteiger partial charge in [0.2, 0.25) is 0 Å². The molecule has 0 fully saturated rings. The van der Waals surface area contributed by atoms with Crippen LogP contribution in [-0.2, 0) is 6.54 Å². The second kappa shape index (κ2) is 9.55. The molecule has 0 unspecified atom stereocenters. The first-order valence-electron chi connectivity index (χ1n) is 7.07. The normalized spacial score (nSPS) is 12.3. The average molecular weight is 260 g/mol. The molecule has 1 aromatic rings. The topological polar surface area (TPSA) is 47.3 Å². The van der Waals surface area contributed by atoms with Gasteiger partial charge in [-0.1, -0.05) is 37.3 Å². The van der Waals surface area contributed by atoms with Gasteiger partial charge in [0.15, 0.2) is 0 Å². The minimum atomic E-state index is -0.214. The monoisotopic (exact) mass is 260 g/mol. The van der Waals surface area contributed by atoms with Gasteiger partial charge in [0.25, 0.3) is 0 Å². The molecule has 19 heavy (non-hydrogen) atoms. The fourth-order valence-corrected chi connectivity index (χ4v) is 2.03. The summed E-state index contributed by atoms with van der Waals surface area (Å²) in [5.41, 5.74) is 1.28. The zero-order valence-electron chi connectivity index (χ0n) is 11.8. The molecule has 3 nitrogen and oxygen atoms in total. The van der Waals surface area contributed by atoms with Gasteiger partial charge < -0.3 is 5.11 Å². The lowest BCUT2D eigenvalue weighted by atomic mass is 10.1. The van der Waals surface area contributed by atoms with E-state index in [-0.39, 0.29) is 6.10 Å². The summed E-state index contributed by atoms with van der Waals surface area (Å²) in [5, 5.41) is 18.3. The highest BCUT2D eigenvalue weighted by Gasteiger charge is 2.08. The maximum Gasteiger partial charge on any atom is 0.0622 e. The van der Waals surface area contributed by atoms with E-state index in [0.717, 1.165) is 38.9 Å². The molecule has 1 N–H and O–H groups in total. The first-order chi connectivity index (χ1) is 9.26. The molecule has 0 amide bonds. The van der Waals surface area contributed by atoms with Crippen molar-refractivity contribution in [1.29, 1.82) is 5.26 Å². The van der Waals surface area contributed by atoms with Crippen LogP contribution in [0.25, 0.3) is 0 Å². The summed E-state index contributed by atoms with van der Waals surface area (Å²) in [4.78, 5) is 2.32. The Kier molecular flexibility index (Phi) is 7.88. The Labute approximate surface area is 116 Å². The second-order valence-electron chi connectivity index (χ2n) is 4.87. The number of hydrogen-bond acceptors (Lipinski definition) is 3. The number of aliphatic hydroxyl groups excluding tert-OH is 1. The van der Waals surface area contributed by atoms with Crippen LogP contribution in [0.3, 0.4) is 0 Å². The van der Waals surface area contributed by atoms with Crippen LogP contribution in [0.15, 0.2) is 30.3 Å². The number of unbranched alkanes of at least 4 members (excludes halogenated alkanes) is 1. The zero-order valence-corrected chi connectivity index (χ0v) is 11.8. The van der Waals surface area contributed by atoms with Crippen molar-refractivity contribution < 1.29 is 5.11 Å². The van der Waals surface area contributed by atoms with Crippen LogP contribution in [0.1, 0.15) is 38.2 Å². The SMILES string of the molecule is CC[C@@H](O)CCN(CCCC#N)Cc1ccccc1. The van der Waals surface area contributed by atoms with Gasteiger partial charge in [0.1, 0.15) is 0 Å². The fourth-order valence-electron chi connectivity index (χ4n) is 2.03. The number of aliphatic hydroxyl groups is 1. The van der Waals surface area contributed by atoms with Crippen LogP contribution in [0.4, 0.5) is 0 Å². The van der Waals surface area contributed by atoms with Crippen molar-refractivity contribution in [3.8, 4) is 6.07 Å². The number of benzene rings is 1. The van der Waals surface area contributed by atoms with E-state index in [0.29, 0.717) is 6.42 Å². The molecule has 3 heteroatoms. The Bertz CT molecular complexity index is 372. The van der Waals surface area contributed by atoms with Gasteiger partial charge in [-0.3, -0.25) is 4.90 Å². The van der Waals surface area contributed by atoms with Crippen LogP contribution in [0.5, 0.6) is 0 Å². The second-order valence-corrected chi connectivity index (χ2v) is 4.87. The highest BCUT2D eigenvalue weighted by atomic mass is 16.3. The van der Waals surface area contributed by atoms with Crippen molar-refractivity contribution in [2.45, 2.75) is 45.3 Å². The van der Waals surface area contributed by atoms with Gasteiger partial charge in [-0.05, 0) is 31.4 Å². The number of nitrogens with zero attached hydrogens (tertiary/aromatic N) is 2. The standard InChI is InChI=1S/C16H24N2O/c1-2-16(19)10-13-18(12-7-6-11-17)14-15-8-4-3-5-9-15/h3-5,8-9,16,19H,2,6-7,10,12-14H2,1H3/t16-/m1/s1. The molecule has 1 rings (SSSR count). The molecule has 0 saturated carbocycles. The average Bonchev–Trinajstić information content (AvgIpc) is 2.45. The highest BCUT2D eigenvalue weighted by Crippen LogP contribution is 2.08. The van der Waals surface area contributed by atoms with E-state index >= 15 is 0 Å². The third-order valence-corrected chi connectivity index (χ3v) is 3.26. The van der Waals surface area contributed by atoms with E-state index in [2.05, 4.69) is 23.1 Å². The van der Waals surface area contributed by atoms with Crippen molar-refractivity contribution in [1.82, 2.24) is 4.90 Å². The summed E-state index contributed by atoms with van der Waals surface area (Å²) in [6.07, 6.45) is 2.88. The van der Waals surface area contributed by atoms with Crippen LogP contribution in [0.2, 0.25) is 0 Å². The maximum absolute atomic E-state index is 9.67. The Morgan fingerprint density at radius 3 is 2.63 bits per heavy atom. The molecular weight excluding hydrogens is 236 g/mol. The first kappa shape index (κ1) is 15.7. The molecule has 0 aliphatic carbocycles. The summed E-state index contributed by atoms with van der Waals surface area (Å²) >= 11 is 0. The maximum atomic E-state index is 9.67. The van der Waals surface area contributed by atoms with Crippen molar-refractivity contribution in [3.63, 3.8) is 0 Å². The van der Waals surface area contributed by atoms with E-state index in [1.165, 1.54) is 5.56 Å². The van der Waals surface area contributed by atoms with Gasteiger partial charge in [0.05, 0.1) is 12.2 Å². The van der Waals surface area contributed by atoms with Crippen molar-refractivity contribution in [2.24, 2.45) is 0 Å². The molecule has 104 valence electrons. The van der Waals surface area contributed by atoms with Gasteiger partial charge in [-0.15, -0.1) is 0 Å². The number of hydrogen-bond donors (Lipinski definition) is 1. The lowest BCUT2D eigenvalue weighted by molar-refractivity contribution is 0.134. The van der Waals surface area contributed by atoms with E-state index in [9.17, 15) is 5.11 Å². The van der Waals surface area contributed by atoms with Crippen molar-refractivity contribution in [2.75, 3.05) is 13.1 Å². The Morgan fingerprint density at radius 1 is 1.26 bits per heavy atom. The summed E-state index contributed by atoms with van der Waals surface area (Å²) in [6.45, 7) is 4.69. The quantitative estimate of drug-likeness (QED) is 0.694. The van der Waals surface area contributed by atoms with Crippen LogP contribution >= 0.6 is 0 Å². The Balaban J connectivity index is 2.46. The number of rotatable bonds is 9. The number of nitriles is 1. The van der Waals surface area contributed by atoms with Crippen molar-refractivity contribution in [3.05, 3.63) is 35.9 Å². The minimum absolute atomic E-state index is 0.214. The molecule has 1 atom stereocenters. The third kappa shape index (κ3) is 6.95. The minimum Gasteiger partial charge on any atom is -0.393 e.